The number of nitrogens with one attached hydrogen (secondary N) is 1. The van der Waals surface area contributed by atoms with E-state index in [0.717, 1.165) is 24.3 Å². The summed E-state index contributed by atoms with van der Waals surface area (Å²) < 4.78 is 39.6. The van der Waals surface area contributed by atoms with Gasteiger partial charge in [0, 0.05) is 5.56 Å². The fourth-order valence-corrected chi connectivity index (χ4v) is 1.70. The molecule has 0 radical (unpaired) electrons. The van der Waals surface area contributed by atoms with Gasteiger partial charge in [0.2, 0.25) is 5.91 Å². The van der Waals surface area contributed by atoms with Gasteiger partial charge in [0.25, 0.3) is 0 Å². The SMILES string of the molecule is Nc1cc(F)ccc1NC(=O)Cc1c(F)cccc1F. The maximum atomic E-state index is 13.4. The predicted octanol–water partition coefficient (Wildman–Crippen LogP) is 2.87. The summed E-state index contributed by atoms with van der Waals surface area (Å²) in [6.07, 6.45) is -0.477. The maximum absolute atomic E-state index is 13.4. The zero-order valence-corrected chi connectivity index (χ0v) is 10.3. The average molecular weight is 280 g/mol. The minimum atomic E-state index is -0.799. The van der Waals surface area contributed by atoms with Crippen molar-refractivity contribution in [3.05, 3.63) is 59.4 Å². The molecule has 2 aromatic carbocycles. The summed E-state index contributed by atoms with van der Waals surface area (Å²) >= 11 is 0. The number of anilines is 2. The van der Waals surface area contributed by atoms with E-state index in [2.05, 4.69) is 5.32 Å². The van der Waals surface area contributed by atoms with Crippen LogP contribution in [0.1, 0.15) is 5.56 Å². The Morgan fingerprint density at radius 3 is 2.35 bits per heavy atom. The van der Waals surface area contributed by atoms with Crippen LogP contribution in [-0.4, -0.2) is 5.91 Å². The van der Waals surface area contributed by atoms with E-state index < -0.39 is 29.8 Å². The van der Waals surface area contributed by atoms with Gasteiger partial charge in [-0.25, -0.2) is 13.2 Å². The van der Waals surface area contributed by atoms with Crippen molar-refractivity contribution in [1.82, 2.24) is 0 Å². The number of nitrogens with two attached hydrogens (primary N) is 1. The molecular weight excluding hydrogens is 269 g/mol. The molecule has 104 valence electrons. The largest absolute Gasteiger partial charge is 0.397 e. The third kappa shape index (κ3) is 3.09. The number of amides is 1. The Hall–Kier alpha value is -2.50. The summed E-state index contributed by atoms with van der Waals surface area (Å²) in [5.41, 5.74) is 5.41. The molecule has 0 spiro atoms. The minimum Gasteiger partial charge on any atom is -0.397 e. The first kappa shape index (κ1) is 13.9. The van der Waals surface area contributed by atoms with E-state index >= 15 is 0 Å². The van der Waals surface area contributed by atoms with Crippen LogP contribution < -0.4 is 11.1 Å². The number of benzene rings is 2. The third-order valence-corrected chi connectivity index (χ3v) is 2.69. The van der Waals surface area contributed by atoms with Crippen molar-refractivity contribution in [3.8, 4) is 0 Å². The molecule has 0 unspecified atom stereocenters. The lowest BCUT2D eigenvalue weighted by Crippen LogP contribution is -2.17. The summed E-state index contributed by atoms with van der Waals surface area (Å²) in [5.74, 6) is -2.78. The molecular formula is C14H11F3N2O. The van der Waals surface area contributed by atoms with Crippen LogP contribution in [0.15, 0.2) is 36.4 Å². The van der Waals surface area contributed by atoms with Gasteiger partial charge in [-0.3, -0.25) is 4.79 Å². The minimum absolute atomic E-state index is 0.0346. The van der Waals surface area contributed by atoms with Gasteiger partial charge in [0.1, 0.15) is 17.5 Å². The lowest BCUT2D eigenvalue weighted by atomic mass is 10.1. The van der Waals surface area contributed by atoms with Crippen molar-refractivity contribution >= 4 is 17.3 Å². The first-order chi connectivity index (χ1) is 9.47. The fraction of sp³-hybridized carbons (Fsp3) is 0.0714. The standard InChI is InChI=1S/C14H11F3N2O/c15-8-4-5-13(12(18)6-8)19-14(20)7-9-10(16)2-1-3-11(9)17/h1-6H,7,18H2,(H,19,20). The molecule has 1 amide bonds. The molecule has 0 bridgehead atoms. The Labute approximate surface area is 113 Å². The van der Waals surface area contributed by atoms with Crippen molar-refractivity contribution in [2.75, 3.05) is 11.1 Å². The Morgan fingerprint density at radius 2 is 1.75 bits per heavy atom. The van der Waals surface area contributed by atoms with Crippen molar-refractivity contribution in [2.24, 2.45) is 0 Å². The second kappa shape index (κ2) is 5.64. The van der Waals surface area contributed by atoms with Gasteiger partial charge in [-0.05, 0) is 30.3 Å². The first-order valence-corrected chi connectivity index (χ1v) is 5.75. The lowest BCUT2D eigenvalue weighted by molar-refractivity contribution is -0.115. The molecule has 0 saturated heterocycles. The van der Waals surface area contributed by atoms with Crippen LogP contribution in [0.3, 0.4) is 0 Å². The fourth-order valence-electron chi connectivity index (χ4n) is 1.70. The molecule has 3 N–H and O–H groups in total. The zero-order valence-electron chi connectivity index (χ0n) is 10.3. The van der Waals surface area contributed by atoms with Crippen LogP contribution in [0, 0.1) is 17.5 Å². The van der Waals surface area contributed by atoms with Crippen molar-refractivity contribution < 1.29 is 18.0 Å². The number of hydrogen-bond acceptors (Lipinski definition) is 2. The van der Waals surface area contributed by atoms with Gasteiger partial charge >= 0.3 is 0 Å². The second-order valence-corrected chi connectivity index (χ2v) is 4.16. The molecule has 2 rings (SSSR count). The third-order valence-electron chi connectivity index (χ3n) is 2.69. The highest BCUT2D eigenvalue weighted by Gasteiger charge is 2.14. The molecule has 3 nitrogen and oxygen atoms in total. The van der Waals surface area contributed by atoms with E-state index in [1.807, 2.05) is 0 Å². The molecule has 6 heteroatoms. The molecule has 0 heterocycles. The van der Waals surface area contributed by atoms with Crippen molar-refractivity contribution in [3.63, 3.8) is 0 Å². The van der Waals surface area contributed by atoms with E-state index in [9.17, 15) is 18.0 Å². The highest BCUT2D eigenvalue weighted by molar-refractivity contribution is 5.95. The van der Waals surface area contributed by atoms with Crippen LogP contribution in [0.4, 0.5) is 24.5 Å². The van der Waals surface area contributed by atoms with E-state index in [4.69, 9.17) is 5.73 Å². The Kier molecular flexibility index (Phi) is 3.93. The van der Waals surface area contributed by atoms with Crippen molar-refractivity contribution in [1.29, 1.82) is 0 Å². The van der Waals surface area contributed by atoms with Gasteiger partial charge in [-0.2, -0.15) is 0 Å². The number of rotatable bonds is 3. The molecule has 20 heavy (non-hydrogen) atoms. The highest BCUT2D eigenvalue weighted by Crippen LogP contribution is 2.20. The van der Waals surface area contributed by atoms with Crippen LogP contribution in [-0.2, 0) is 11.2 Å². The molecule has 0 fully saturated rings. The summed E-state index contributed by atoms with van der Waals surface area (Å²) in [6, 6.07) is 6.79. The molecule has 0 aliphatic carbocycles. The average Bonchev–Trinajstić information content (AvgIpc) is 2.37. The summed E-state index contributed by atoms with van der Waals surface area (Å²) in [6.45, 7) is 0. The molecule has 0 atom stereocenters. The molecule has 0 aromatic heterocycles. The Bertz CT molecular complexity index is 639. The smallest absolute Gasteiger partial charge is 0.229 e. The quantitative estimate of drug-likeness (QED) is 0.849. The van der Waals surface area contributed by atoms with E-state index in [1.54, 1.807) is 0 Å². The van der Waals surface area contributed by atoms with Gasteiger partial charge in [-0.15, -0.1) is 0 Å². The summed E-state index contributed by atoms with van der Waals surface area (Å²) in [5, 5.41) is 2.38. The highest BCUT2D eigenvalue weighted by atomic mass is 19.1. The van der Waals surface area contributed by atoms with E-state index in [0.29, 0.717) is 0 Å². The normalized spacial score (nSPS) is 10.3. The number of carbonyl (C=O) groups excluding carboxylic acids is 1. The van der Waals surface area contributed by atoms with Gasteiger partial charge < -0.3 is 11.1 Å². The van der Waals surface area contributed by atoms with Crippen molar-refractivity contribution in [2.45, 2.75) is 6.42 Å². The number of nitrogen functional groups attached to an aromatic ring is 1. The van der Waals surface area contributed by atoms with Crippen LogP contribution >= 0.6 is 0 Å². The Balaban J connectivity index is 2.13. The number of halogens is 3. The topological polar surface area (TPSA) is 55.1 Å². The molecule has 0 saturated carbocycles. The predicted molar refractivity (Wildman–Crippen MR) is 69.5 cm³/mol. The molecule has 2 aromatic rings. The van der Waals surface area contributed by atoms with Gasteiger partial charge in [-0.1, -0.05) is 6.07 Å². The van der Waals surface area contributed by atoms with Crippen LogP contribution in [0.5, 0.6) is 0 Å². The molecule has 0 aliphatic rings. The summed E-state index contributed by atoms with van der Waals surface area (Å²) in [4.78, 5) is 11.7. The second-order valence-electron chi connectivity index (χ2n) is 4.16. The molecule has 0 aliphatic heterocycles. The van der Waals surface area contributed by atoms with Crippen LogP contribution in [0.2, 0.25) is 0 Å². The van der Waals surface area contributed by atoms with Gasteiger partial charge in [0.15, 0.2) is 0 Å². The van der Waals surface area contributed by atoms with E-state index in [-0.39, 0.29) is 16.9 Å². The first-order valence-electron chi connectivity index (χ1n) is 5.75. The number of hydrogen-bond donors (Lipinski definition) is 2. The Morgan fingerprint density at radius 1 is 1.10 bits per heavy atom. The monoisotopic (exact) mass is 280 g/mol. The summed E-state index contributed by atoms with van der Waals surface area (Å²) in [7, 11) is 0. The lowest BCUT2D eigenvalue weighted by Gasteiger charge is -2.09. The maximum Gasteiger partial charge on any atom is 0.229 e. The van der Waals surface area contributed by atoms with Crippen LogP contribution in [0.25, 0.3) is 0 Å². The van der Waals surface area contributed by atoms with E-state index in [1.165, 1.54) is 12.1 Å². The van der Waals surface area contributed by atoms with Gasteiger partial charge in [0.05, 0.1) is 17.8 Å². The number of carbonyl (C=O) groups is 1. The zero-order chi connectivity index (χ0) is 14.7.